The van der Waals surface area contributed by atoms with E-state index in [0.29, 0.717) is 0 Å². The van der Waals surface area contributed by atoms with E-state index in [2.05, 4.69) is 77.9 Å². The van der Waals surface area contributed by atoms with E-state index in [1.54, 1.807) is 0 Å². The molecule has 0 heterocycles. The average molecular weight is 252 g/mol. The number of hydrogen-bond donors (Lipinski definition) is 0. The van der Waals surface area contributed by atoms with Crippen LogP contribution in [0.5, 0.6) is 0 Å². The molecule has 100 valence electrons. The number of hydrogen-bond acceptors (Lipinski definition) is 0. The zero-order valence-electron chi connectivity index (χ0n) is 13.0. The zero-order valence-corrected chi connectivity index (χ0v) is 13.0. The summed E-state index contributed by atoms with van der Waals surface area (Å²) in [7, 11) is 0. The molecule has 0 amide bonds. The van der Waals surface area contributed by atoms with Gasteiger partial charge in [-0.15, -0.1) is 0 Å². The van der Waals surface area contributed by atoms with Gasteiger partial charge in [0, 0.05) is 0 Å². The highest BCUT2D eigenvalue weighted by molar-refractivity contribution is 5.69. The van der Waals surface area contributed by atoms with Crippen molar-refractivity contribution in [3.63, 3.8) is 0 Å². The molecule has 0 aliphatic carbocycles. The Bertz CT molecular complexity index is 598. The second kappa shape index (κ2) is 4.85. The fourth-order valence-corrected chi connectivity index (χ4v) is 2.36. The van der Waals surface area contributed by atoms with Crippen LogP contribution in [0.15, 0.2) is 36.4 Å². The van der Waals surface area contributed by atoms with E-state index in [-0.39, 0.29) is 5.41 Å². The third-order valence-electron chi connectivity index (χ3n) is 3.91. The Hall–Kier alpha value is -1.56. The molecule has 0 fully saturated rings. The highest BCUT2D eigenvalue weighted by Gasteiger charge is 2.14. The van der Waals surface area contributed by atoms with Crippen molar-refractivity contribution < 1.29 is 0 Å². The maximum absolute atomic E-state index is 2.32. The van der Waals surface area contributed by atoms with Gasteiger partial charge in [-0.05, 0) is 59.6 Å². The molecule has 0 saturated heterocycles. The van der Waals surface area contributed by atoms with Crippen LogP contribution in [0, 0.1) is 20.8 Å². The average Bonchev–Trinajstić information content (AvgIpc) is 2.31. The van der Waals surface area contributed by atoms with Crippen molar-refractivity contribution in [3.05, 3.63) is 58.7 Å². The lowest BCUT2D eigenvalue weighted by molar-refractivity contribution is 0.590. The SMILES string of the molecule is Cc1ccc(-c2ccc(C(C)(C)C)cc2C)cc1C. The smallest absolute Gasteiger partial charge is 0.0132 e. The molecule has 2 rings (SSSR count). The molecule has 0 nitrogen and oxygen atoms in total. The molecule has 0 aliphatic heterocycles. The largest absolute Gasteiger partial charge is 0.0584 e. The summed E-state index contributed by atoms with van der Waals surface area (Å²) in [6.45, 7) is 13.3. The first-order valence-electron chi connectivity index (χ1n) is 6.98. The fourth-order valence-electron chi connectivity index (χ4n) is 2.36. The van der Waals surface area contributed by atoms with E-state index in [9.17, 15) is 0 Å². The van der Waals surface area contributed by atoms with Crippen molar-refractivity contribution in [1.82, 2.24) is 0 Å². The molecule has 0 aromatic heterocycles. The number of aryl methyl sites for hydroxylation is 3. The van der Waals surface area contributed by atoms with Gasteiger partial charge < -0.3 is 0 Å². The van der Waals surface area contributed by atoms with Gasteiger partial charge in [0.05, 0.1) is 0 Å². The van der Waals surface area contributed by atoms with Gasteiger partial charge in [0.1, 0.15) is 0 Å². The van der Waals surface area contributed by atoms with Gasteiger partial charge in [-0.25, -0.2) is 0 Å². The Morgan fingerprint density at radius 2 is 1.37 bits per heavy atom. The highest BCUT2D eigenvalue weighted by Crippen LogP contribution is 2.30. The molecule has 2 aromatic rings. The molecule has 0 radical (unpaired) electrons. The Kier molecular flexibility index (Phi) is 3.54. The molecular weight excluding hydrogens is 228 g/mol. The normalized spacial score (nSPS) is 11.7. The summed E-state index contributed by atoms with van der Waals surface area (Å²) in [6, 6.07) is 13.6. The predicted molar refractivity (Wildman–Crippen MR) is 84.8 cm³/mol. The van der Waals surface area contributed by atoms with E-state index < -0.39 is 0 Å². The lowest BCUT2D eigenvalue weighted by Crippen LogP contribution is -2.11. The van der Waals surface area contributed by atoms with Gasteiger partial charge in [0.25, 0.3) is 0 Å². The van der Waals surface area contributed by atoms with Gasteiger partial charge in [0.2, 0.25) is 0 Å². The molecule has 0 atom stereocenters. The summed E-state index contributed by atoms with van der Waals surface area (Å²) in [5.74, 6) is 0. The second-order valence-electron chi connectivity index (χ2n) is 6.58. The molecule has 0 saturated carbocycles. The van der Waals surface area contributed by atoms with Crippen LogP contribution < -0.4 is 0 Å². The maximum Gasteiger partial charge on any atom is -0.0132 e. The van der Waals surface area contributed by atoms with E-state index >= 15 is 0 Å². The topological polar surface area (TPSA) is 0 Å². The highest BCUT2D eigenvalue weighted by atomic mass is 14.2. The van der Waals surface area contributed by atoms with Gasteiger partial charge in [-0.2, -0.15) is 0 Å². The molecule has 0 spiro atoms. The van der Waals surface area contributed by atoms with Crippen LogP contribution in [0.3, 0.4) is 0 Å². The fraction of sp³-hybridized carbons (Fsp3) is 0.368. The maximum atomic E-state index is 2.32. The minimum Gasteiger partial charge on any atom is -0.0584 e. The van der Waals surface area contributed by atoms with E-state index in [4.69, 9.17) is 0 Å². The van der Waals surface area contributed by atoms with Crippen LogP contribution in [0.4, 0.5) is 0 Å². The quantitative estimate of drug-likeness (QED) is 0.622. The van der Waals surface area contributed by atoms with Gasteiger partial charge in [-0.1, -0.05) is 57.2 Å². The van der Waals surface area contributed by atoms with E-state index in [1.807, 2.05) is 0 Å². The molecular formula is C19H24. The van der Waals surface area contributed by atoms with Gasteiger partial charge >= 0.3 is 0 Å². The Balaban J connectivity index is 2.49. The summed E-state index contributed by atoms with van der Waals surface area (Å²) in [5.41, 5.74) is 8.35. The first kappa shape index (κ1) is 13.9. The Labute approximate surface area is 117 Å². The molecule has 0 N–H and O–H groups in total. The monoisotopic (exact) mass is 252 g/mol. The first-order valence-corrected chi connectivity index (χ1v) is 6.98. The summed E-state index contributed by atoms with van der Waals surface area (Å²) in [5, 5.41) is 0. The lowest BCUT2D eigenvalue weighted by Gasteiger charge is -2.21. The van der Waals surface area contributed by atoms with E-state index in [0.717, 1.165) is 0 Å². The Morgan fingerprint density at radius 1 is 0.684 bits per heavy atom. The van der Waals surface area contributed by atoms with Crippen molar-refractivity contribution in [1.29, 1.82) is 0 Å². The van der Waals surface area contributed by atoms with Crippen LogP contribution in [0.2, 0.25) is 0 Å². The van der Waals surface area contributed by atoms with Gasteiger partial charge in [0.15, 0.2) is 0 Å². The molecule has 0 unspecified atom stereocenters. The van der Waals surface area contributed by atoms with Crippen LogP contribution in [0.25, 0.3) is 11.1 Å². The third kappa shape index (κ3) is 2.89. The van der Waals surface area contributed by atoms with Crippen molar-refractivity contribution >= 4 is 0 Å². The lowest BCUT2D eigenvalue weighted by atomic mass is 9.84. The summed E-state index contributed by atoms with van der Waals surface area (Å²) < 4.78 is 0. The van der Waals surface area contributed by atoms with Crippen molar-refractivity contribution in [2.45, 2.75) is 47.0 Å². The second-order valence-corrected chi connectivity index (χ2v) is 6.58. The van der Waals surface area contributed by atoms with Crippen LogP contribution >= 0.6 is 0 Å². The third-order valence-corrected chi connectivity index (χ3v) is 3.91. The molecule has 0 aliphatic rings. The van der Waals surface area contributed by atoms with Crippen LogP contribution in [-0.4, -0.2) is 0 Å². The Morgan fingerprint density at radius 3 is 1.89 bits per heavy atom. The first-order chi connectivity index (χ1) is 8.79. The van der Waals surface area contributed by atoms with Crippen molar-refractivity contribution in [2.75, 3.05) is 0 Å². The van der Waals surface area contributed by atoms with E-state index in [1.165, 1.54) is 33.4 Å². The number of rotatable bonds is 1. The standard InChI is InChI=1S/C19H24/c1-13-7-8-16(11-14(13)2)18-10-9-17(12-15(18)3)19(4,5)6/h7-12H,1-6H3. The minimum atomic E-state index is 0.215. The molecule has 0 heteroatoms. The predicted octanol–water partition coefficient (Wildman–Crippen LogP) is 5.58. The van der Waals surface area contributed by atoms with Crippen molar-refractivity contribution in [3.8, 4) is 11.1 Å². The molecule has 19 heavy (non-hydrogen) atoms. The van der Waals surface area contributed by atoms with Crippen molar-refractivity contribution in [2.24, 2.45) is 0 Å². The number of benzene rings is 2. The molecule has 0 bridgehead atoms. The summed E-state index contributed by atoms with van der Waals surface area (Å²) in [4.78, 5) is 0. The van der Waals surface area contributed by atoms with Gasteiger partial charge in [-0.3, -0.25) is 0 Å². The summed E-state index contributed by atoms with van der Waals surface area (Å²) >= 11 is 0. The summed E-state index contributed by atoms with van der Waals surface area (Å²) in [6.07, 6.45) is 0. The van der Waals surface area contributed by atoms with Crippen LogP contribution in [0.1, 0.15) is 43.0 Å². The van der Waals surface area contributed by atoms with Crippen LogP contribution in [-0.2, 0) is 5.41 Å². The molecule has 2 aromatic carbocycles. The zero-order chi connectivity index (χ0) is 14.2. The minimum absolute atomic E-state index is 0.215.